The summed E-state index contributed by atoms with van der Waals surface area (Å²) < 4.78 is 0. The molecule has 7 heteroatoms. The highest BCUT2D eigenvalue weighted by molar-refractivity contribution is 5.99. The van der Waals surface area contributed by atoms with Gasteiger partial charge in [-0.05, 0) is 49.6 Å². The van der Waals surface area contributed by atoms with Crippen molar-refractivity contribution in [2.24, 2.45) is 5.92 Å². The topological polar surface area (TPSA) is 91.0 Å². The summed E-state index contributed by atoms with van der Waals surface area (Å²) in [5.41, 5.74) is 2.98. The zero-order valence-corrected chi connectivity index (χ0v) is 16.3. The molecule has 3 heterocycles. The van der Waals surface area contributed by atoms with E-state index in [1.165, 1.54) is 12.8 Å². The molecule has 1 saturated heterocycles. The van der Waals surface area contributed by atoms with Crippen LogP contribution in [0.2, 0.25) is 0 Å². The zero-order valence-electron chi connectivity index (χ0n) is 16.3. The Morgan fingerprint density at radius 2 is 2.14 bits per heavy atom. The van der Waals surface area contributed by atoms with Crippen LogP contribution in [0.25, 0.3) is 11.0 Å². The van der Waals surface area contributed by atoms with Gasteiger partial charge in [0, 0.05) is 25.1 Å². The number of pyridine rings is 1. The molecule has 1 aromatic carbocycles. The fourth-order valence-electron chi connectivity index (χ4n) is 3.90. The van der Waals surface area contributed by atoms with Crippen LogP contribution >= 0.6 is 0 Å². The van der Waals surface area contributed by atoms with Gasteiger partial charge in [0.2, 0.25) is 11.8 Å². The van der Waals surface area contributed by atoms with Gasteiger partial charge in [-0.15, -0.1) is 0 Å². The number of hydrogen-bond donors (Lipinski definition) is 2. The Morgan fingerprint density at radius 3 is 2.90 bits per heavy atom. The summed E-state index contributed by atoms with van der Waals surface area (Å²) in [5.74, 6) is 1.69. The number of imidazole rings is 1. The minimum absolute atomic E-state index is 0.0667. The molecule has 2 atom stereocenters. The third kappa shape index (κ3) is 3.48. The van der Waals surface area contributed by atoms with Crippen molar-refractivity contribution in [3.8, 4) is 0 Å². The van der Waals surface area contributed by atoms with E-state index >= 15 is 0 Å². The number of amides is 2. The highest BCUT2D eigenvalue weighted by Crippen LogP contribution is 2.39. The molecule has 2 N–H and O–H groups in total. The number of carbonyl (C=O) groups excluding carboxylic acids is 2. The van der Waals surface area contributed by atoms with Crippen LogP contribution in [-0.4, -0.2) is 33.3 Å². The molecule has 0 bridgehead atoms. The summed E-state index contributed by atoms with van der Waals surface area (Å²) in [5, 5.41) is 3.06. The van der Waals surface area contributed by atoms with Crippen molar-refractivity contribution in [3.63, 3.8) is 0 Å². The van der Waals surface area contributed by atoms with Crippen molar-refractivity contribution < 1.29 is 9.59 Å². The lowest BCUT2D eigenvalue weighted by molar-refractivity contribution is -0.126. The van der Waals surface area contributed by atoms with E-state index in [0.717, 1.165) is 22.4 Å². The highest BCUT2D eigenvalue weighted by atomic mass is 16.2. The van der Waals surface area contributed by atoms with Gasteiger partial charge in [-0.3, -0.25) is 14.5 Å². The molecule has 5 rings (SSSR count). The van der Waals surface area contributed by atoms with Gasteiger partial charge in [0.05, 0.1) is 23.0 Å². The largest absolute Gasteiger partial charge is 0.349 e. The number of nitrogens with one attached hydrogen (secondary N) is 2. The van der Waals surface area contributed by atoms with Gasteiger partial charge < -0.3 is 10.3 Å². The molecule has 1 aliphatic heterocycles. The van der Waals surface area contributed by atoms with E-state index in [2.05, 4.69) is 26.3 Å². The van der Waals surface area contributed by atoms with E-state index in [1.54, 1.807) is 23.2 Å². The molecule has 2 fully saturated rings. The van der Waals surface area contributed by atoms with Crippen molar-refractivity contribution in [2.45, 2.75) is 38.1 Å². The summed E-state index contributed by atoms with van der Waals surface area (Å²) in [6.07, 6.45) is 4.27. The van der Waals surface area contributed by atoms with Crippen LogP contribution in [-0.2, 0) is 9.59 Å². The van der Waals surface area contributed by atoms with Gasteiger partial charge in [-0.1, -0.05) is 12.1 Å². The van der Waals surface area contributed by atoms with Crippen molar-refractivity contribution in [1.29, 1.82) is 0 Å². The first-order valence-corrected chi connectivity index (χ1v) is 10.1. The number of carbonyl (C=O) groups is 2. The van der Waals surface area contributed by atoms with Gasteiger partial charge >= 0.3 is 0 Å². The molecule has 7 nitrogen and oxygen atoms in total. The van der Waals surface area contributed by atoms with Crippen LogP contribution in [0.1, 0.15) is 49.5 Å². The number of aromatic nitrogens is 3. The second kappa shape index (κ2) is 6.99. The van der Waals surface area contributed by atoms with E-state index < -0.39 is 0 Å². The predicted octanol–water partition coefficient (Wildman–Crippen LogP) is 3.07. The number of aromatic amines is 1. The van der Waals surface area contributed by atoms with Crippen LogP contribution in [0.5, 0.6) is 0 Å². The van der Waals surface area contributed by atoms with Crippen LogP contribution in [0.15, 0.2) is 42.6 Å². The Kier molecular flexibility index (Phi) is 4.30. The quantitative estimate of drug-likeness (QED) is 0.702. The highest BCUT2D eigenvalue weighted by Gasteiger charge is 2.36. The van der Waals surface area contributed by atoms with Crippen molar-refractivity contribution >= 4 is 28.7 Å². The molecule has 2 aromatic heterocycles. The van der Waals surface area contributed by atoms with E-state index in [4.69, 9.17) is 0 Å². The SMILES string of the molecule is CC(NC(=O)C1CC(=O)N(c2ccccn2)C1)c1ccc2nc(C3CC3)[nH]c2c1. The predicted molar refractivity (Wildman–Crippen MR) is 109 cm³/mol. The number of fused-ring (bicyclic) bond motifs is 1. The third-order valence-electron chi connectivity index (χ3n) is 5.77. The number of rotatable bonds is 5. The smallest absolute Gasteiger partial charge is 0.229 e. The van der Waals surface area contributed by atoms with Gasteiger partial charge in [-0.25, -0.2) is 9.97 Å². The molecule has 3 aromatic rings. The fourth-order valence-corrected chi connectivity index (χ4v) is 3.90. The summed E-state index contributed by atoms with van der Waals surface area (Å²) in [4.78, 5) is 39.0. The van der Waals surface area contributed by atoms with Gasteiger partial charge in [0.15, 0.2) is 0 Å². The van der Waals surface area contributed by atoms with Gasteiger partial charge in [0.25, 0.3) is 0 Å². The molecule has 2 unspecified atom stereocenters. The second-order valence-electron chi connectivity index (χ2n) is 8.00. The minimum Gasteiger partial charge on any atom is -0.349 e. The Balaban J connectivity index is 1.27. The third-order valence-corrected chi connectivity index (χ3v) is 5.77. The fraction of sp³-hybridized carbons (Fsp3) is 0.364. The average molecular weight is 389 g/mol. The summed E-state index contributed by atoms with van der Waals surface area (Å²) >= 11 is 0. The molecule has 29 heavy (non-hydrogen) atoms. The Labute approximate surface area is 168 Å². The molecule has 0 spiro atoms. The Bertz CT molecular complexity index is 1070. The molecule has 2 aliphatic rings. The molecule has 1 saturated carbocycles. The first-order valence-electron chi connectivity index (χ1n) is 10.1. The minimum atomic E-state index is -0.371. The van der Waals surface area contributed by atoms with E-state index in [1.807, 2.05) is 25.1 Å². The molecule has 2 amide bonds. The summed E-state index contributed by atoms with van der Waals surface area (Å²) in [6, 6.07) is 11.3. The number of benzene rings is 1. The molecule has 0 radical (unpaired) electrons. The van der Waals surface area contributed by atoms with Crippen molar-refractivity contribution in [1.82, 2.24) is 20.3 Å². The summed E-state index contributed by atoms with van der Waals surface area (Å²) in [6.45, 7) is 2.32. The number of nitrogens with zero attached hydrogens (tertiary/aromatic N) is 3. The Morgan fingerprint density at radius 1 is 1.28 bits per heavy atom. The van der Waals surface area contributed by atoms with E-state index in [9.17, 15) is 9.59 Å². The zero-order chi connectivity index (χ0) is 20.0. The maximum Gasteiger partial charge on any atom is 0.229 e. The maximum absolute atomic E-state index is 12.8. The molecular weight excluding hydrogens is 366 g/mol. The normalized spacial score (nSPS) is 20.2. The van der Waals surface area contributed by atoms with Crippen LogP contribution < -0.4 is 10.2 Å². The second-order valence-corrected chi connectivity index (χ2v) is 8.00. The number of anilines is 1. The van der Waals surface area contributed by atoms with E-state index in [-0.39, 0.29) is 30.2 Å². The van der Waals surface area contributed by atoms with Crippen molar-refractivity contribution in [3.05, 3.63) is 54.0 Å². The van der Waals surface area contributed by atoms with Gasteiger partial charge in [0.1, 0.15) is 11.6 Å². The maximum atomic E-state index is 12.8. The van der Waals surface area contributed by atoms with Crippen LogP contribution in [0.4, 0.5) is 5.82 Å². The lowest BCUT2D eigenvalue weighted by Crippen LogP contribution is -2.34. The van der Waals surface area contributed by atoms with Crippen molar-refractivity contribution in [2.75, 3.05) is 11.4 Å². The lowest BCUT2D eigenvalue weighted by Gasteiger charge is -2.18. The summed E-state index contributed by atoms with van der Waals surface area (Å²) in [7, 11) is 0. The molecular formula is C22H23N5O2. The molecule has 1 aliphatic carbocycles. The van der Waals surface area contributed by atoms with Gasteiger partial charge in [-0.2, -0.15) is 0 Å². The first-order chi connectivity index (χ1) is 14.1. The first kappa shape index (κ1) is 17.8. The Hall–Kier alpha value is -3.22. The number of H-pyrrole nitrogens is 1. The average Bonchev–Trinajstić information content (AvgIpc) is 3.38. The lowest BCUT2D eigenvalue weighted by atomic mass is 10.0. The monoisotopic (exact) mass is 389 g/mol. The number of hydrogen-bond acceptors (Lipinski definition) is 4. The molecule has 148 valence electrons. The standard InChI is InChI=1S/C22H23N5O2/c1-13(15-7-8-17-18(10-15)26-21(25-17)14-5-6-14)24-22(29)16-11-20(28)27(12-16)19-4-2-3-9-23-19/h2-4,7-10,13-14,16H,5-6,11-12H2,1H3,(H,24,29)(H,25,26). The van der Waals surface area contributed by atoms with Crippen LogP contribution in [0, 0.1) is 5.92 Å². The van der Waals surface area contributed by atoms with E-state index in [0.29, 0.717) is 18.3 Å². The van der Waals surface area contributed by atoms with Crippen LogP contribution in [0.3, 0.4) is 0 Å².